The first-order chi connectivity index (χ1) is 8.99. The minimum atomic E-state index is -0.439. The molecule has 1 saturated heterocycles. The molecular weight excluding hydrogens is 306 g/mol. The van der Waals surface area contributed by atoms with Crippen molar-refractivity contribution in [2.24, 2.45) is 5.92 Å². The van der Waals surface area contributed by atoms with Gasteiger partial charge in [-0.05, 0) is 66.2 Å². The molecule has 2 atom stereocenters. The summed E-state index contributed by atoms with van der Waals surface area (Å²) in [5, 5.41) is 19.2. The third-order valence-electron chi connectivity index (χ3n) is 4.02. The van der Waals surface area contributed by atoms with E-state index in [1.807, 2.05) is 19.1 Å². The van der Waals surface area contributed by atoms with Gasteiger partial charge < -0.3 is 15.1 Å². The zero-order valence-electron chi connectivity index (χ0n) is 11.5. The SMILES string of the molecule is CC(O)C1CCN(c2ccc([C@H](C)O)cc2Br)CC1. The summed E-state index contributed by atoms with van der Waals surface area (Å²) in [6, 6.07) is 6.03. The predicted molar refractivity (Wildman–Crippen MR) is 81.4 cm³/mol. The minimum absolute atomic E-state index is 0.205. The van der Waals surface area contributed by atoms with Crippen molar-refractivity contribution < 1.29 is 10.2 Å². The van der Waals surface area contributed by atoms with Crippen molar-refractivity contribution in [3.63, 3.8) is 0 Å². The van der Waals surface area contributed by atoms with Crippen molar-refractivity contribution in [1.82, 2.24) is 0 Å². The normalized spacial score (nSPS) is 20.4. The van der Waals surface area contributed by atoms with Crippen LogP contribution in [0.4, 0.5) is 5.69 Å². The molecule has 0 radical (unpaired) electrons. The topological polar surface area (TPSA) is 43.7 Å². The van der Waals surface area contributed by atoms with Crippen molar-refractivity contribution in [2.75, 3.05) is 18.0 Å². The summed E-state index contributed by atoms with van der Waals surface area (Å²) in [5.41, 5.74) is 2.10. The van der Waals surface area contributed by atoms with Crippen LogP contribution in [0.3, 0.4) is 0 Å². The molecule has 19 heavy (non-hydrogen) atoms. The number of piperidine rings is 1. The first-order valence-corrected chi connectivity index (χ1v) is 7.69. The molecule has 0 amide bonds. The zero-order chi connectivity index (χ0) is 14.0. The van der Waals surface area contributed by atoms with Gasteiger partial charge in [0, 0.05) is 17.6 Å². The van der Waals surface area contributed by atoms with Crippen molar-refractivity contribution in [2.45, 2.75) is 38.9 Å². The van der Waals surface area contributed by atoms with Crippen LogP contribution in [0.25, 0.3) is 0 Å². The van der Waals surface area contributed by atoms with Crippen molar-refractivity contribution in [3.8, 4) is 0 Å². The Morgan fingerprint density at radius 2 is 1.84 bits per heavy atom. The van der Waals surface area contributed by atoms with E-state index in [-0.39, 0.29) is 6.10 Å². The number of hydrogen-bond donors (Lipinski definition) is 2. The quantitative estimate of drug-likeness (QED) is 0.896. The summed E-state index contributed by atoms with van der Waals surface area (Å²) in [7, 11) is 0. The van der Waals surface area contributed by atoms with Crippen molar-refractivity contribution in [1.29, 1.82) is 0 Å². The van der Waals surface area contributed by atoms with Gasteiger partial charge in [0.1, 0.15) is 0 Å². The fourth-order valence-corrected chi connectivity index (χ4v) is 3.31. The van der Waals surface area contributed by atoms with Crippen LogP contribution in [0.5, 0.6) is 0 Å². The van der Waals surface area contributed by atoms with Gasteiger partial charge in [-0.1, -0.05) is 6.07 Å². The lowest BCUT2D eigenvalue weighted by atomic mass is 9.92. The maximum absolute atomic E-state index is 9.63. The molecule has 3 nitrogen and oxygen atoms in total. The molecule has 1 fully saturated rings. The van der Waals surface area contributed by atoms with Gasteiger partial charge in [-0.15, -0.1) is 0 Å². The third-order valence-corrected chi connectivity index (χ3v) is 4.65. The number of halogens is 1. The predicted octanol–water partition coefficient (Wildman–Crippen LogP) is 3.10. The summed E-state index contributed by atoms with van der Waals surface area (Å²) in [5.74, 6) is 0.423. The Morgan fingerprint density at radius 1 is 1.21 bits per heavy atom. The highest BCUT2D eigenvalue weighted by Crippen LogP contribution is 2.32. The Morgan fingerprint density at radius 3 is 2.32 bits per heavy atom. The maximum Gasteiger partial charge on any atom is 0.0762 e. The van der Waals surface area contributed by atoms with Gasteiger partial charge >= 0.3 is 0 Å². The highest BCUT2D eigenvalue weighted by atomic mass is 79.9. The smallest absolute Gasteiger partial charge is 0.0762 e. The van der Waals surface area contributed by atoms with Crippen LogP contribution in [-0.2, 0) is 0 Å². The number of nitrogens with zero attached hydrogens (tertiary/aromatic N) is 1. The van der Waals surface area contributed by atoms with Crippen LogP contribution in [0.2, 0.25) is 0 Å². The largest absolute Gasteiger partial charge is 0.393 e. The van der Waals surface area contributed by atoms with E-state index in [2.05, 4.69) is 26.9 Å². The molecule has 0 aliphatic carbocycles. The van der Waals surface area contributed by atoms with E-state index in [1.165, 1.54) is 5.69 Å². The Bertz CT molecular complexity index is 426. The first kappa shape index (κ1) is 14.8. The van der Waals surface area contributed by atoms with Crippen LogP contribution in [0.15, 0.2) is 22.7 Å². The van der Waals surface area contributed by atoms with Gasteiger partial charge in [0.2, 0.25) is 0 Å². The molecule has 2 N–H and O–H groups in total. The van der Waals surface area contributed by atoms with Gasteiger partial charge in [-0.3, -0.25) is 0 Å². The molecule has 1 heterocycles. The van der Waals surface area contributed by atoms with Crippen molar-refractivity contribution >= 4 is 21.6 Å². The molecule has 4 heteroatoms. The minimum Gasteiger partial charge on any atom is -0.393 e. The number of hydrogen-bond acceptors (Lipinski definition) is 3. The average Bonchev–Trinajstić information content (AvgIpc) is 2.38. The number of benzene rings is 1. The summed E-state index contributed by atoms with van der Waals surface area (Å²) in [6.45, 7) is 5.60. The Hall–Kier alpha value is -0.580. The molecule has 0 spiro atoms. The second-order valence-corrected chi connectivity index (χ2v) is 6.31. The fourth-order valence-electron chi connectivity index (χ4n) is 2.66. The molecule has 0 saturated carbocycles. The number of rotatable bonds is 3. The molecular formula is C15H22BrNO2. The van der Waals surface area contributed by atoms with Gasteiger partial charge in [-0.25, -0.2) is 0 Å². The number of anilines is 1. The first-order valence-electron chi connectivity index (χ1n) is 6.89. The number of aliphatic hydroxyl groups is 2. The molecule has 1 unspecified atom stereocenters. The Kier molecular flexibility index (Phi) is 4.87. The molecule has 0 bridgehead atoms. The maximum atomic E-state index is 9.63. The Labute approximate surface area is 123 Å². The number of aliphatic hydroxyl groups excluding tert-OH is 2. The van der Waals surface area contributed by atoms with Gasteiger partial charge in [0.05, 0.1) is 17.9 Å². The molecule has 106 valence electrons. The van der Waals surface area contributed by atoms with E-state index in [1.54, 1.807) is 6.92 Å². The van der Waals surface area contributed by atoms with E-state index in [0.717, 1.165) is 36.0 Å². The fraction of sp³-hybridized carbons (Fsp3) is 0.600. The van der Waals surface area contributed by atoms with Gasteiger partial charge in [0.25, 0.3) is 0 Å². The molecule has 0 aromatic heterocycles. The lowest BCUT2D eigenvalue weighted by Crippen LogP contribution is -2.37. The van der Waals surface area contributed by atoms with Crippen LogP contribution >= 0.6 is 15.9 Å². The molecule has 1 aromatic carbocycles. The van der Waals surface area contributed by atoms with E-state index in [4.69, 9.17) is 0 Å². The van der Waals surface area contributed by atoms with Crippen LogP contribution in [0, 0.1) is 5.92 Å². The standard InChI is InChI=1S/C15H22BrNO2/c1-10(18)12-5-7-17(8-6-12)15-4-3-13(11(2)19)9-14(15)16/h3-4,9-12,18-19H,5-8H2,1-2H3/t10?,11-/m0/s1. The zero-order valence-corrected chi connectivity index (χ0v) is 13.1. The van der Waals surface area contributed by atoms with Crippen LogP contribution in [0.1, 0.15) is 38.4 Å². The second-order valence-electron chi connectivity index (χ2n) is 5.45. The monoisotopic (exact) mass is 327 g/mol. The molecule has 1 aliphatic heterocycles. The van der Waals surface area contributed by atoms with Crippen LogP contribution < -0.4 is 4.90 Å². The van der Waals surface area contributed by atoms with Gasteiger partial charge in [0.15, 0.2) is 0 Å². The summed E-state index contributed by atoms with van der Waals surface area (Å²) in [4.78, 5) is 2.34. The lowest BCUT2D eigenvalue weighted by molar-refractivity contribution is 0.110. The summed E-state index contributed by atoms with van der Waals surface area (Å²) >= 11 is 3.59. The van der Waals surface area contributed by atoms with Gasteiger partial charge in [-0.2, -0.15) is 0 Å². The second kappa shape index (κ2) is 6.25. The Balaban J connectivity index is 2.07. The third kappa shape index (κ3) is 3.50. The highest BCUT2D eigenvalue weighted by Gasteiger charge is 2.23. The summed E-state index contributed by atoms with van der Waals surface area (Å²) in [6.07, 6.45) is 1.42. The lowest BCUT2D eigenvalue weighted by Gasteiger charge is -2.35. The molecule has 1 aliphatic rings. The highest BCUT2D eigenvalue weighted by molar-refractivity contribution is 9.10. The van der Waals surface area contributed by atoms with Crippen LogP contribution in [-0.4, -0.2) is 29.4 Å². The van der Waals surface area contributed by atoms with Crippen molar-refractivity contribution in [3.05, 3.63) is 28.2 Å². The van der Waals surface area contributed by atoms with E-state index in [9.17, 15) is 10.2 Å². The van der Waals surface area contributed by atoms with E-state index in [0.29, 0.717) is 5.92 Å². The van der Waals surface area contributed by atoms with E-state index >= 15 is 0 Å². The molecule has 1 aromatic rings. The average molecular weight is 328 g/mol. The molecule has 2 rings (SSSR count). The summed E-state index contributed by atoms with van der Waals surface area (Å²) < 4.78 is 1.03. The van der Waals surface area contributed by atoms with E-state index < -0.39 is 6.10 Å².